The number of carbonyl (C=O) groups is 2. The predicted octanol–water partition coefficient (Wildman–Crippen LogP) is 3.47. The van der Waals surface area contributed by atoms with Crippen LogP contribution in [0.4, 0.5) is 11.4 Å². The third kappa shape index (κ3) is 6.19. The molecule has 158 valence electrons. The van der Waals surface area contributed by atoms with Gasteiger partial charge in [0, 0.05) is 0 Å². The number of carbonyl (C=O) groups excluding carboxylic acids is 2. The van der Waals surface area contributed by atoms with Crippen molar-refractivity contribution in [1.29, 1.82) is 0 Å². The van der Waals surface area contributed by atoms with Crippen LogP contribution in [-0.2, 0) is 0 Å². The summed E-state index contributed by atoms with van der Waals surface area (Å²) in [5.74, 6) is -0.220. The molecule has 0 aliphatic carbocycles. The van der Waals surface area contributed by atoms with Gasteiger partial charge in [0.25, 0.3) is 0 Å². The molecule has 0 bridgehead atoms. The quantitative estimate of drug-likeness (QED) is 0.347. The molecule has 6 heteroatoms. The van der Waals surface area contributed by atoms with Gasteiger partial charge < -0.3 is 0 Å². The Labute approximate surface area is 198 Å². The molecule has 0 aliphatic heterocycles. The molecule has 0 radical (unpaired) electrons. The van der Waals surface area contributed by atoms with E-state index in [9.17, 15) is 9.59 Å². The number of anilines is 2. The molecule has 32 heavy (non-hydrogen) atoms. The van der Waals surface area contributed by atoms with E-state index in [1.165, 1.54) is 0 Å². The molecular weight excluding hydrogens is 530 g/mol. The van der Waals surface area contributed by atoms with Crippen LogP contribution < -0.4 is 19.6 Å². The van der Waals surface area contributed by atoms with Crippen LogP contribution in [0.5, 0.6) is 0 Å². The van der Waals surface area contributed by atoms with Crippen molar-refractivity contribution in [3.8, 4) is 0 Å². The van der Waals surface area contributed by atoms with Gasteiger partial charge in [0.15, 0.2) is 0 Å². The van der Waals surface area contributed by atoms with E-state index in [-0.39, 0.29) is 38.1 Å². The van der Waals surface area contributed by atoms with Crippen molar-refractivity contribution in [3.05, 3.63) is 120 Å². The van der Waals surface area contributed by atoms with Gasteiger partial charge in [-0.05, 0) is 0 Å². The first-order valence-corrected chi connectivity index (χ1v) is 16.0. The third-order valence-corrected chi connectivity index (χ3v) is 11.6. The molecule has 0 saturated heterocycles. The number of rotatable bonds is 7. The zero-order chi connectivity index (χ0) is 22.2. The molecule has 2 amide bonds. The Morgan fingerprint density at radius 1 is 0.500 bits per heavy atom. The Kier molecular flexibility index (Phi) is 7.54. The molecule has 0 fully saturated rings. The summed E-state index contributed by atoms with van der Waals surface area (Å²) in [4.78, 5) is 25.1. The summed E-state index contributed by atoms with van der Waals surface area (Å²) >= 11 is 0.398. The van der Waals surface area contributed by atoms with Crippen LogP contribution in [0.1, 0.15) is 20.7 Å². The van der Waals surface area contributed by atoms with Crippen LogP contribution in [0, 0.1) is 0 Å². The maximum atomic E-state index is 12.6. The molecular formula is C26H20N2O2Se2. The fraction of sp³-hybridized carbons (Fsp3) is 0. The first-order chi connectivity index (χ1) is 15.7. The molecule has 4 nitrogen and oxygen atoms in total. The Morgan fingerprint density at radius 2 is 0.906 bits per heavy atom. The van der Waals surface area contributed by atoms with Gasteiger partial charge in [-0.2, -0.15) is 0 Å². The molecule has 0 unspecified atom stereocenters. The molecule has 0 atom stereocenters. The van der Waals surface area contributed by atoms with Crippen LogP contribution in [0.25, 0.3) is 0 Å². The van der Waals surface area contributed by atoms with Crippen molar-refractivity contribution >= 4 is 58.4 Å². The molecule has 0 aromatic heterocycles. The molecule has 4 aromatic rings. The molecule has 0 aliphatic rings. The van der Waals surface area contributed by atoms with Crippen molar-refractivity contribution in [2.45, 2.75) is 0 Å². The molecule has 4 aromatic carbocycles. The van der Waals surface area contributed by atoms with Gasteiger partial charge >= 0.3 is 199 Å². The zero-order valence-corrected chi connectivity index (χ0v) is 20.5. The fourth-order valence-corrected chi connectivity index (χ4v) is 8.98. The van der Waals surface area contributed by atoms with Gasteiger partial charge in [-0.25, -0.2) is 0 Å². The van der Waals surface area contributed by atoms with Gasteiger partial charge in [0.05, 0.1) is 0 Å². The number of nitrogens with one attached hydrogen (secondary N) is 2. The van der Waals surface area contributed by atoms with Crippen molar-refractivity contribution in [3.63, 3.8) is 0 Å². The molecule has 2 N–H and O–H groups in total. The molecule has 0 heterocycles. The zero-order valence-electron chi connectivity index (χ0n) is 17.0. The molecule has 4 rings (SSSR count). The topological polar surface area (TPSA) is 58.2 Å². The van der Waals surface area contributed by atoms with Crippen LogP contribution in [0.3, 0.4) is 0 Å². The van der Waals surface area contributed by atoms with Crippen LogP contribution in [0.2, 0.25) is 0 Å². The monoisotopic (exact) mass is 552 g/mol. The number of hydrogen-bond donors (Lipinski definition) is 2. The van der Waals surface area contributed by atoms with Gasteiger partial charge in [-0.15, -0.1) is 0 Å². The number of amides is 2. The minimum absolute atomic E-state index is 0.110. The summed E-state index contributed by atoms with van der Waals surface area (Å²) < 4.78 is 2.33. The number of benzene rings is 4. The summed E-state index contributed by atoms with van der Waals surface area (Å²) in [5, 5.41) is 5.86. The fourth-order valence-electron chi connectivity index (χ4n) is 2.92. The minimum atomic E-state index is -0.110. The van der Waals surface area contributed by atoms with E-state index in [2.05, 4.69) is 22.8 Å². The summed E-state index contributed by atoms with van der Waals surface area (Å²) in [5.41, 5.74) is 2.87. The van der Waals surface area contributed by atoms with Crippen molar-refractivity contribution < 1.29 is 9.59 Å². The second-order valence-corrected chi connectivity index (χ2v) is 13.2. The van der Waals surface area contributed by atoms with E-state index in [1.54, 1.807) is 0 Å². The molecule has 0 spiro atoms. The summed E-state index contributed by atoms with van der Waals surface area (Å²) in [6.07, 6.45) is 0. The summed E-state index contributed by atoms with van der Waals surface area (Å²) in [6.45, 7) is 0. The average molecular weight is 550 g/mol. The Balaban J connectivity index is 1.38. The van der Waals surface area contributed by atoms with E-state index in [1.807, 2.05) is 97.1 Å². The molecule has 0 saturated carbocycles. The first-order valence-electron chi connectivity index (χ1n) is 9.95. The standard InChI is InChI=1S/C26H20N2O2Se2/c29-25(27-21-11-3-1-4-12-21)19-9-7-15-23(17-19)31-32-24-16-8-10-20(18-24)26(30)28-22-13-5-2-6-14-22/h1-18H,(H,27,29)(H,28,30). The van der Waals surface area contributed by atoms with E-state index in [0.717, 1.165) is 20.3 Å². The Hall–Kier alpha value is -3.14. The van der Waals surface area contributed by atoms with Crippen LogP contribution in [0.15, 0.2) is 109 Å². The van der Waals surface area contributed by atoms with E-state index in [4.69, 9.17) is 0 Å². The van der Waals surface area contributed by atoms with Crippen LogP contribution in [-0.4, -0.2) is 38.1 Å². The SMILES string of the molecule is O=C(Nc1ccccc1)c1cccc([Se][Se]c2cccc(C(=O)Nc3ccccc3)c2)c1. The second kappa shape index (κ2) is 10.9. The predicted molar refractivity (Wildman–Crippen MR) is 132 cm³/mol. The summed E-state index contributed by atoms with van der Waals surface area (Å²) in [6, 6.07) is 34.5. The Morgan fingerprint density at radius 3 is 1.31 bits per heavy atom. The van der Waals surface area contributed by atoms with Crippen molar-refractivity contribution in [2.24, 2.45) is 0 Å². The number of hydrogen-bond acceptors (Lipinski definition) is 2. The van der Waals surface area contributed by atoms with Crippen LogP contribution >= 0.6 is 0 Å². The maximum absolute atomic E-state index is 12.6. The normalized spacial score (nSPS) is 10.4. The van der Waals surface area contributed by atoms with E-state index >= 15 is 0 Å². The third-order valence-electron chi connectivity index (χ3n) is 4.49. The van der Waals surface area contributed by atoms with Gasteiger partial charge in [-0.3, -0.25) is 0 Å². The van der Waals surface area contributed by atoms with E-state index < -0.39 is 0 Å². The van der Waals surface area contributed by atoms with Gasteiger partial charge in [0.1, 0.15) is 0 Å². The summed E-state index contributed by atoms with van der Waals surface area (Å²) in [7, 11) is 0. The van der Waals surface area contributed by atoms with E-state index in [0.29, 0.717) is 11.1 Å². The average Bonchev–Trinajstić information content (AvgIpc) is 2.84. The van der Waals surface area contributed by atoms with Crippen molar-refractivity contribution in [1.82, 2.24) is 0 Å². The second-order valence-electron chi connectivity index (χ2n) is 6.86. The number of para-hydroxylation sites is 2. The van der Waals surface area contributed by atoms with Gasteiger partial charge in [0.2, 0.25) is 0 Å². The first kappa shape index (κ1) is 22.1. The van der Waals surface area contributed by atoms with Crippen molar-refractivity contribution in [2.75, 3.05) is 10.6 Å². The Bertz CT molecular complexity index is 1120. The van der Waals surface area contributed by atoms with Gasteiger partial charge in [-0.1, -0.05) is 0 Å².